The van der Waals surface area contributed by atoms with Crippen LogP contribution in [0.5, 0.6) is 0 Å². The van der Waals surface area contributed by atoms with E-state index < -0.39 is 5.91 Å². The fraction of sp³-hybridized carbons (Fsp3) is 0.478. The molecule has 2 bridgehead atoms. The molecule has 0 unspecified atom stereocenters. The summed E-state index contributed by atoms with van der Waals surface area (Å²) >= 11 is 0. The van der Waals surface area contributed by atoms with Gasteiger partial charge in [-0.2, -0.15) is 0 Å². The van der Waals surface area contributed by atoms with Crippen molar-refractivity contribution in [2.45, 2.75) is 57.5 Å². The highest BCUT2D eigenvalue weighted by Gasteiger charge is 2.54. The van der Waals surface area contributed by atoms with E-state index in [-0.39, 0.29) is 35.0 Å². The summed E-state index contributed by atoms with van der Waals surface area (Å²) in [5, 5.41) is 2.99. The Kier molecular flexibility index (Phi) is 5.70. The van der Waals surface area contributed by atoms with E-state index in [0.29, 0.717) is 18.6 Å². The molecule has 2 amide bonds. The van der Waals surface area contributed by atoms with Crippen LogP contribution >= 0.6 is 0 Å². The molecule has 4 heterocycles. The molecular weight excluding hydrogens is 380 g/mol. The Bertz CT molecular complexity index is 1040. The molecule has 3 atom stereocenters. The molecule has 1 saturated carbocycles. The molecule has 1 aliphatic carbocycles. The molecule has 3 fully saturated rings. The standard InChI is InChI=1S/C23H28N4O3/c1-3-4-5-6-7-8-20(28)26-14-16-11-18(26)21(16)25-22(29)17-12-24-19-10-9-15(2)13-27(19)23(17)30/h3,9-10,12-13,16,18,21H,1,4-8,11,14H2,2H3,(H,25,29)/t16-,18-,21+/m0/s1. The predicted molar refractivity (Wildman–Crippen MR) is 114 cm³/mol. The molecule has 0 aromatic carbocycles. The van der Waals surface area contributed by atoms with Crippen LogP contribution in [0, 0.1) is 12.8 Å². The van der Waals surface area contributed by atoms with Crippen molar-refractivity contribution in [1.82, 2.24) is 19.6 Å². The Hall–Kier alpha value is -2.96. The molecule has 7 heteroatoms. The number of fused-ring (bicyclic) bond motifs is 2. The minimum atomic E-state index is -0.415. The number of allylic oxidation sites excluding steroid dienone is 1. The van der Waals surface area contributed by atoms with Gasteiger partial charge in [0.05, 0.1) is 12.1 Å². The van der Waals surface area contributed by atoms with Crippen LogP contribution in [0.4, 0.5) is 0 Å². The highest BCUT2D eigenvalue weighted by Crippen LogP contribution is 2.41. The lowest BCUT2D eigenvalue weighted by Gasteiger charge is -2.36. The maximum absolute atomic E-state index is 12.8. The molecule has 30 heavy (non-hydrogen) atoms. The smallest absolute Gasteiger partial charge is 0.270 e. The third-order valence-electron chi connectivity index (χ3n) is 6.31. The Morgan fingerprint density at radius 1 is 1.30 bits per heavy atom. The lowest BCUT2D eigenvalue weighted by atomic mass is 9.80. The van der Waals surface area contributed by atoms with Crippen LogP contribution in [0.15, 0.2) is 42.0 Å². The van der Waals surface area contributed by atoms with Gasteiger partial charge in [0, 0.05) is 31.3 Å². The number of amides is 2. The van der Waals surface area contributed by atoms with Gasteiger partial charge in [0.2, 0.25) is 5.91 Å². The summed E-state index contributed by atoms with van der Waals surface area (Å²) in [5.41, 5.74) is 1.08. The van der Waals surface area contributed by atoms with E-state index in [1.165, 1.54) is 10.6 Å². The molecule has 158 valence electrons. The number of hydrogen-bond donors (Lipinski definition) is 1. The van der Waals surface area contributed by atoms with E-state index in [2.05, 4.69) is 16.9 Å². The number of nitrogens with one attached hydrogen (secondary N) is 1. The van der Waals surface area contributed by atoms with Crippen molar-refractivity contribution in [1.29, 1.82) is 0 Å². The van der Waals surface area contributed by atoms with Crippen LogP contribution in [0.1, 0.15) is 54.4 Å². The summed E-state index contributed by atoms with van der Waals surface area (Å²) in [6.45, 7) is 6.29. The van der Waals surface area contributed by atoms with Gasteiger partial charge in [-0.3, -0.25) is 18.8 Å². The number of rotatable bonds is 8. The van der Waals surface area contributed by atoms with Crippen molar-refractivity contribution in [2.75, 3.05) is 6.54 Å². The number of carbonyl (C=O) groups excluding carboxylic acids is 2. The third-order valence-corrected chi connectivity index (χ3v) is 6.31. The molecule has 3 aliphatic rings. The number of carbonyl (C=O) groups is 2. The van der Waals surface area contributed by atoms with Gasteiger partial charge in [-0.25, -0.2) is 4.98 Å². The van der Waals surface area contributed by atoms with Crippen LogP contribution < -0.4 is 10.9 Å². The Balaban J connectivity index is 1.38. The average molecular weight is 409 g/mol. The topological polar surface area (TPSA) is 83.8 Å². The van der Waals surface area contributed by atoms with Crippen molar-refractivity contribution in [2.24, 2.45) is 5.92 Å². The quantitative estimate of drug-likeness (QED) is 0.537. The molecule has 7 nitrogen and oxygen atoms in total. The van der Waals surface area contributed by atoms with Gasteiger partial charge in [-0.05, 0) is 44.2 Å². The van der Waals surface area contributed by atoms with E-state index in [9.17, 15) is 14.4 Å². The van der Waals surface area contributed by atoms with Gasteiger partial charge < -0.3 is 10.2 Å². The maximum Gasteiger partial charge on any atom is 0.270 e. The summed E-state index contributed by atoms with van der Waals surface area (Å²) in [4.78, 5) is 44.3. The van der Waals surface area contributed by atoms with E-state index >= 15 is 0 Å². The van der Waals surface area contributed by atoms with Gasteiger partial charge in [-0.1, -0.05) is 18.6 Å². The lowest BCUT2D eigenvalue weighted by molar-refractivity contribution is -0.131. The van der Waals surface area contributed by atoms with E-state index in [4.69, 9.17) is 0 Å². The molecular formula is C23H28N4O3. The highest BCUT2D eigenvalue weighted by molar-refractivity contribution is 5.94. The zero-order valence-electron chi connectivity index (χ0n) is 17.3. The summed E-state index contributed by atoms with van der Waals surface area (Å²) in [7, 11) is 0. The average Bonchev–Trinajstić information content (AvgIpc) is 3.32. The second kappa shape index (κ2) is 8.42. The molecule has 0 radical (unpaired) electrons. The number of aryl methyl sites for hydroxylation is 1. The molecule has 2 aromatic rings. The Morgan fingerprint density at radius 2 is 2.13 bits per heavy atom. The van der Waals surface area contributed by atoms with Crippen LogP contribution in [-0.4, -0.2) is 44.7 Å². The van der Waals surface area contributed by atoms with Crippen molar-refractivity contribution in [3.05, 3.63) is 58.7 Å². The largest absolute Gasteiger partial charge is 0.347 e. The van der Waals surface area contributed by atoms with Crippen LogP contribution in [0.2, 0.25) is 0 Å². The first-order chi connectivity index (χ1) is 14.5. The van der Waals surface area contributed by atoms with E-state index in [1.54, 1.807) is 12.3 Å². The van der Waals surface area contributed by atoms with Gasteiger partial charge in [0.1, 0.15) is 11.2 Å². The van der Waals surface area contributed by atoms with Gasteiger partial charge >= 0.3 is 0 Å². The van der Waals surface area contributed by atoms with Crippen LogP contribution in [-0.2, 0) is 4.79 Å². The number of unbranched alkanes of at least 4 members (excludes halogenated alkanes) is 3. The first-order valence-electron chi connectivity index (χ1n) is 10.7. The first kappa shape index (κ1) is 20.3. The zero-order valence-corrected chi connectivity index (χ0v) is 17.3. The molecule has 0 spiro atoms. The SMILES string of the molecule is C=CCCCCCC(=O)N1C[C@@H]2C[C@H]1[C@@H]2NC(=O)c1cnc2ccc(C)cn2c1=O. The van der Waals surface area contributed by atoms with Crippen molar-refractivity contribution < 1.29 is 9.59 Å². The van der Waals surface area contributed by atoms with Crippen LogP contribution in [0.3, 0.4) is 0 Å². The predicted octanol–water partition coefficient (Wildman–Crippen LogP) is 2.47. The Morgan fingerprint density at radius 3 is 2.93 bits per heavy atom. The van der Waals surface area contributed by atoms with Gasteiger partial charge in [-0.15, -0.1) is 6.58 Å². The first-order valence-corrected chi connectivity index (χ1v) is 10.7. The number of aromatic nitrogens is 2. The number of pyridine rings is 1. The molecule has 2 aliphatic heterocycles. The van der Waals surface area contributed by atoms with Gasteiger partial charge in [0.25, 0.3) is 11.5 Å². The van der Waals surface area contributed by atoms with Crippen molar-refractivity contribution in [3.63, 3.8) is 0 Å². The number of hydrogen-bond acceptors (Lipinski definition) is 4. The second-order valence-electron chi connectivity index (χ2n) is 8.41. The monoisotopic (exact) mass is 408 g/mol. The minimum absolute atomic E-state index is 0.0319. The molecule has 2 saturated heterocycles. The normalized spacial score (nSPS) is 22.0. The lowest BCUT2D eigenvalue weighted by Crippen LogP contribution is -2.55. The number of nitrogens with zero attached hydrogens (tertiary/aromatic N) is 3. The molecule has 5 rings (SSSR count). The van der Waals surface area contributed by atoms with E-state index in [1.807, 2.05) is 24.0 Å². The molecule has 2 aromatic heterocycles. The fourth-order valence-corrected chi connectivity index (χ4v) is 4.57. The summed E-state index contributed by atoms with van der Waals surface area (Å²) in [6.07, 6.45) is 10.4. The summed E-state index contributed by atoms with van der Waals surface area (Å²) in [6, 6.07) is 3.59. The van der Waals surface area contributed by atoms with Gasteiger partial charge in [0.15, 0.2) is 0 Å². The van der Waals surface area contributed by atoms with Crippen molar-refractivity contribution in [3.8, 4) is 0 Å². The summed E-state index contributed by atoms with van der Waals surface area (Å²) in [5.74, 6) is 0.0182. The van der Waals surface area contributed by atoms with Crippen molar-refractivity contribution >= 4 is 17.5 Å². The minimum Gasteiger partial charge on any atom is -0.347 e. The molecule has 1 N–H and O–H groups in total. The van der Waals surface area contributed by atoms with E-state index in [0.717, 1.165) is 37.7 Å². The maximum atomic E-state index is 12.8. The fourth-order valence-electron chi connectivity index (χ4n) is 4.57. The summed E-state index contributed by atoms with van der Waals surface area (Å²) < 4.78 is 1.40. The second-order valence-corrected chi connectivity index (χ2v) is 8.41. The highest BCUT2D eigenvalue weighted by atomic mass is 16.2. The third kappa shape index (κ3) is 3.76. The zero-order chi connectivity index (χ0) is 21.3. The Labute approximate surface area is 175 Å². The van der Waals surface area contributed by atoms with Crippen LogP contribution in [0.25, 0.3) is 5.65 Å².